The van der Waals surface area contributed by atoms with Crippen LogP contribution in [-0.2, 0) is 35.3 Å². The maximum absolute atomic E-state index is 14.6. The van der Waals surface area contributed by atoms with Gasteiger partial charge in [0.1, 0.15) is 23.1 Å². The number of carbonyl (C=O) groups excluding carboxylic acids is 6. The Balaban J connectivity index is 0.000000246. The van der Waals surface area contributed by atoms with Gasteiger partial charge in [-0.05, 0) is 93.3 Å². The molecule has 8 rings (SSSR count). The van der Waals surface area contributed by atoms with Gasteiger partial charge in [-0.25, -0.2) is 9.98 Å². The predicted molar refractivity (Wildman–Crippen MR) is 318 cm³/mol. The molecule has 2 aliphatic heterocycles. The summed E-state index contributed by atoms with van der Waals surface area (Å²) < 4.78 is 6.08. The number of para-hydroxylation sites is 3. The van der Waals surface area contributed by atoms with Crippen molar-refractivity contribution in [3.63, 3.8) is 0 Å². The number of hydrogen-bond acceptors (Lipinski definition) is 9. The molecule has 6 aromatic rings. The number of nitrogens with one attached hydrogen (secondary N) is 3. The van der Waals surface area contributed by atoms with Crippen LogP contribution < -0.4 is 25.6 Å². The molecule has 4 amide bonds. The van der Waals surface area contributed by atoms with Gasteiger partial charge in [-0.15, -0.1) is 13.2 Å². The maximum Gasteiger partial charge on any atom is 0.272 e. The Kier molecular flexibility index (Phi) is 20.7. The van der Waals surface area contributed by atoms with E-state index in [4.69, 9.17) is 9.73 Å². The SMILES string of the molecule is C=CC[C@H](C(C)=O)[C@@H](CC(C)C)C(=O)NC1N=C(c2ccccc2)c2ccccc2N(Cc2cccc(Oc3ccccc3)c2)C1=O.C=CC[C@H](C(C)=O)[C@@H](CC(C)C)C(=O)NC1N=C(c2ccccc2)c2ccccc2NC1=O. The summed E-state index contributed by atoms with van der Waals surface area (Å²) in [5.41, 5.74) is 6.57. The molecule has 0 aromatic heterocycles. The molecule has 0 radical (unpaired) electrons. The normalized spacial score (nSPS) is 16.2. The number of anilines is 2. The average Bonchev–Trinajstić information content (AvgIpc) is 3.66. The quantitative estimate of drug-likeness (QED) is 0.0567. The fourth-order valence-electron chi connectivity index (χ4n) is 10.2. The molecule has 2 unspecified atom stereocenters. The molecule has 0 aliphatic carbocycles. The predicted octanol–water partition coefficient (Wildman–Crippen LogP) is 12.1. The third-order valence-electron chi connectivity index (χ3n) is 14.0. The number of nitrogens with zero attached hydrogens (tertiary/aromatic N) is 3. The Hall–Kier alpha value is -8.84. The zero-order valence-electron chi connectivity index (χ0n) is 46.5. The minimum Gasteiger partial charge on any atom is -0.457 e. The molecule has 6 atom stereocenters. The Morgan fingerprint density at radius 1 is 0.575 bits per heavy atom. The van der Waals surface area contributed by atoms with Crippen molar-refractivity contribution in [3.05, 3.63) is 217 Å². The van der Waals surface area contributed by atoms with E-state index in [9.17, 15) is 28.8 Å². The van der Waals surface area contributed by atoms with Crippen LogP contribution in [0.25, 0.3) is 0 Å². The van der Waals surface area contributed by atoms with E-state index < -0.39 is 41.9 Å². The van der Waals surface area contributed by atoms with Gasteiger partial charge in [-0.1, -0.05) is 167 Å². The largest absolute Gasteiger partial charge is 0.457 e. The highest BCUT2D eigenvalue weighted by atomic mass is 16.5. The van der Waals surface area contributed by atoms with Gasteiger partial charge in [0.05, 0.1) is 29.3 Å². The van der Waals surface area contributed by atoms with E-state index in [1.165, 1.54) is 13.8 Å². The second-order valence-corrected chi connectivity index (χ2v) is 21.0. The van der Waals surface area contributed by atoms with E-state index in [1.54, 1.807) is 17.1 Å². The summed E-state index contributed by atoms with van der Waals surface area (Å²) in [6.07, 6.45) is 2.77. The lowest BCUT2D eigenvalue weighted by Crippen LogP contribution is -2.50. The molecule has 2 heterocycles. The van der Waals surface area contributed by atoms with Crippen LogP contribution in [0, 0.1) is 35.5 Å². The summed E-state index contributed by atoms with van der Waals surface area (Å²) >= 11 is 0. The van der Waals surface area contributed by atoms with Gasteiger partial charge < -0.3 is 25.6 Å². The van der Waals surface area contributed by atoms with E-state index in [-0.39, 0.29) is 47.7 Å². The highest BCUT2D eigenvalue weighted by Gasteiger charge is 2.38. The van der Waals surface area contributed by atoms with Crippen LogP contribution >= 0.6 is 0 Å². The van der Waals surface area contributed by atoms with E-state index in [2.05, 4.69) is 34.1 Å². The van der Waals surface area contributed by atoms with Crippen molar-refractivity contribution >= 4 is 58.0 Å². The van der Waals surface area contributed by atoms with Crippen molar-refractivity contribution in [1.29, 1.82) is 0 Å². The minimum atomic E-state index is -1.22. The Bertz CT molecular complexity index is 3230. The zero-order chi connectivity index (χ0) is 57.3. The van der Waals surface area contributed by atoms with Crippen molar-refractivity contribution in [2.45, 2.75) is 86.1 Å². The summed E-state index contributed by atoms with van der Waals surface area (Å²) in [7, 11) is 0. The lowest BCUT2D eigenvalue weighted by atomic mass is 9.80. The van der Waals surface area contributed by atoms with Crippen molar-refractivity contribution < 1.29 is 33.5 Å². The Morgan fingerprint density at radius 2 is 1.04 bits per heavy atom. The van der Waals surface area contributed by atoms with E-state index >= 15 is 0 Å². The van der Waals surface area contributed by atoms with Crippen LogP contribution in [0.1, 0.15) is 95.0 Å². The van der Waals surface area contributed by atoms with Crippen molar-refractivity contribution in [3.8, 4) is 11.5 Å². The highest BCUT2D eigenvalue weighted by molar-refractivity contribution is 6.21. The molecular formula is C67H72N6O7. The zero-order valence-corrected chi connectivity index (χ0v) is 46.5. The van der Waals surface area contributed by atoms with E-state index in [0.717, 1.165) is 27.8 Å². The third kappa shape index (κ3) is 15.2. The Morgan fingerprint density at radius 3 is 1.57 bits per heavy atom. The van der Waals surface area contributed by atoms with Crippen LogP contribution in [0.5, 0.6) is 11.5 Å². The summed E-state index contributed by atoms with van der Waals surface area (Å²) in [6, 6.07) is 51.4. The maximum atomic E-state index is 14.6. The number of benzene rings is 6. The monoisotopic (exact) mass is 1070 g/mol. The number of Topliss-reactive ketones (excluding diaryl/α,β-unsaturated/α-hetero) is 2. The molecule has 13 heteroatoms. The molecule has 2 aliphatic rings. The number of carbonyl (C=O) groups is 6. The van der Waals surface area contributed by atoms with Gasteiger partial charge in [0.25, 0.3) is 11.8 Å². The molecule has 13 nitrogen and oxygen atoms in total. The Labute approximate surface area is 470 Å². The molecule has 0 saturated heterocycles. The minimum absolute atomic E-state index is 0.0677. The number of aliphatic imine (C=N–C) groups is 2. The van der Waals surface area contributed by atoms with Crippen molar-refractivity contribution in [2.24, 2.45) is 45.5 Å². The fraction of sp³-hybridized carbons (Fsp3) is 0.284. The second-order valence-electron chi connectivity index (χ2n) is 21.0. The van der Waals surface area contributed by atoms with Crippen molar-refractivity contribution in [2.75, 3.05) is 10.2 Å². The molecule has 0 saturated carbocycles. The second kappa shape index (κ2) is 28.2. The summed E-state index contributed by atoms with van der Waals surface area (Å²) in [6.45, 7) is 18.8. The lowest BCUT2D eigenvalue weighted by molar-refractivity contribution is -0.135. The van der Waals surface area contributed by atoms with Gasteiger partial charge in [-0.3, -0.25) is 28.8 Å². The number of ketones is 2. The molecule has 80 heavy (non-hydrogen) atoms. The first-order chi connectivity index (χ1) is 38.6. The average molecular weight is 1070 g/mol. The smallest absolute Gasteiger partial charge is 0.272 e. The van der Waals surface area contributed by atoms with Crippen LogP contribution in [0.3, 0.4) is 0 Å². The highest BCUT2D eigenvalue weighted by Crippen LogP contribution is 2.33. The van der Waals surface area contributed by atoms with Crippen LogP contribution in [0.15, 0.2) is 199 Å². The molecule has 0 bridgehead atoms. The number of allylic oxidation sites excluding steroid dienone is 2. The number of hydrogen-bond donors (Lipinski definition) is 3. The van der Waals surface area contributed by atoms with Crippen LogP contribution in [-0.4, -0.2) is 59.0 Å². The molecular weight excluding hydrogens is 1000 g/mol. The standard InChI is InChI=1S/C40H41N3O4.C27H31N3O3/c1-5-15-33(28(4)44)35(24-27(2)3)39(45)42-38-40(46)43(26-29-16-14-21-32(25-29)47-31-19-10-7-11-20-31)36-23-13-12-22-34(36)37(41-38)30-17-8-6-9-18-30;1-5-11-20(18(4)31)22(16-17(2)3)26(32)30-25-27(33)28-23-15-10-9-14-21(23)24(29-25)19-12-7-6-8-13-19/h5-14,16-23,25,27,33,35,38H,1,15,24,26H2,2-4H3,(H,42,45);5-10,12-15,17,20,22,25H,1,11,16H2,2-4H3,(H,28,33)(H,30,32)/t33-,35-,38?;20-,22-,25?/m11/s1. The fourth-order valence-corrected chi connectivity index (χ4v) is 10.2. The molecule has 6 aromatic carbocycles. The van der Waals surface area contributed by atoms with Gasteiger partial charge in [-0.2, -0.15) is 0 Å². The van der Waals surface area contributed by atoms with Gasteiger partial charge in [0.15, 0.2) is 0 Å². The topological polar surface area (TPSA) is 176 Å². The van der Waals surface area contributed by atoms with Gasteiger partial charge >= 0.3 is 0 Å². The molecule has 3 N–H and O–H groups in total. The summed E-state index contributed by atoms with van der Waals surface area (Å²) in [5.74, 6) is -2.24. The van der Waals surface area contributed by atoms with Crippen molar-refractivity contribution in [1.82, 2.24) is 10.6 Å². The molecule has 0 spiro atoms. The first kappa shape index (κ1) is 58.8. The van der Waals surface area contributed by atoms with Gasteiger partial charge in [0, 0.05) is 45.9 Å². The number of fused-ring (bicyclic) bond motifs is 2. The number of amides is 4. The lowest BCUT2D eigenvalue weighted by Gasteiger charge is -2.29. The van der Waals surface area contributed by atoms with Crippen LogP contribution in [0.4, 0.5) is 11.4 Å². The van der Waals surface area contributed by atoms with E-state index in [0.29, 0.717) is 60.0 Å². The summed E-state index contributed by atoms with van der Waals surface area (Å²) in [5, 5.41) is 8.67. The van der Waals surface area contributed by atoms with E-state index in [1.807, 2.05) is 191 Å². The summed E-state index contributed by atoms with van der Waals surface area (Å²) in [4.78, 5) is 91.4. The number of benzodiazepines with no additional fused rings is 2. The number of rotatable bonds is 22. The third-order valence-corrected chi connectivity index (χ3v) is 14.0. The first-order valence-electron chi connectivity index (χ1n) is 27.3. The number of ether oxygens (including phenoxy) is 1. The molecule has 412 valence electrons. The molecule has 0 fully saturated rings. The first-order valence-corrected chi connectivity index (χ1v) is 27.3. The van der Waals surface area contributed by atoms with Gasteiger partial charge in [0.2, 0.25) is 24.1 Å². The van der Waals surface area contributed by atoms with Crippen LogP contribution in [0.2, 0.25) is 0 Å².